The minimum atomic E-state index is -2.47. The summed E-state index contributed by atoms with van der Waals surface area (Å²) in [7, 11) is 0. The molecular formula is C12H16F2N2O2S. The lowest BCUT2D eigenvalue weighted by Crippen LogP contribution is -2.48. The van der Waals surface area contributed by atoms with E-state index in [0.29, 0.717) is 22.3 Å². The van der Waals surface area contributed by atoms with Crippen LogP contribution in [0.3, 0.4) is 0 Å². The maximum absolute atomic E-state index is 12.1. The Hall–Kier alpha value is -1.34. The van der Waals surface area contributed by atoms with Crippen LogP contribution in [0, 0.1) is 0 Å². The van der Waals surface area contributed by atoms with E-state index in [2.05, 4.69) is 10.6 Å². The zero-order valence-corrected chi connectivity index (χ0v) is 11.4. The van der Waals surface area contributed by atoms with Crippen LogP contribution in [-0.2, 0) is 0 Å². The van der Waals surface area contributed by atoms with Crippen LogP contribution in [0.25, 0.3) is 0 Å². The van der Waals surface area contributed by atoms with Crippen molar-refractivity contribution in [1.29, 1.82) is 0 Å². The molecule has 0 aromatic heterocycles. The number of carbonyl (C=O) groups is 1. The number of hydrogen-bond donors (Lipinski definition) is 3. The molecule has 0 aliphatic heterocycles. The van der Waals surface area contributed by atoms with E-state index in [0.717, 1.165) is 0 Å². The van der Waals surface area contributed by atoms with Crippen molar-refractivity contribution in [3.8, 4) is 0 Å². The lowest BCUT2D eigenvalue weighted by molar-refractivity contribution is 0.187. The fourth-order valence-corrected chi connectivity index (χ4v) is 1.73. The number of thioether (sulfide) groups is 1. The van der Waals surface area contributed by atoms with Crippen molar-refractivity contribution in [1.82, 2.24) is 5.32 Å². The maximum Gasteiger partial charge on any atom is 0.319 e. The van der Waals surface area contributed by atoms with E-state index in [9.17, 15) is 13.6 Å². The molecule has 0 fully saturated rings. The maximum atomic E-state index is 12.1. The molecular weight excluding hydrogens is 274 g/mol. The quantitative estimate of drug-likeness (QED) is 0.731. The zero-order valence-electron chi connectivity index (χ0n) is 10.6. The van der Waals surface area contributed by atoms with E-state index in [-0.39, 0.29) is 6.61 Å². The van der Waals surface area contributed by atoms with Gasteiger partial charge in [0.05, 0.1) is 12.1 Å². The number of halogens is 2. The monoisotopic (exact) mass is 290 g/mol. The number of rotatable bonds is 5. The first-order valence-electron chi connectivity index (χ1n) is 5.57. The highest BCUT2D eigenvalue weighted by atomic mass is 32.2. The van der Waals surface area contributed by atoms with E-state index >= 15 is 0 Å². The lowest BCUT2D eigenvalue weighted by Gasteiger charge is -2.23. The van der Waals surface area contributed by atoms with Crippen molar-refractivity contribution in [3.05, 3.63) is 24.3 Å². The van der Waals surface area contributed by atoms with Crippen molar-refractivity contribution in [2.45, 2.75) is 30.0 Å². The topological polar surface area (TPSA) is 61.4 Å². The van der Waals surface area contributed by atoms with Gasteiger partial charge in [-0.05, 0) is 38.1 Å². The van der Waals surface area contributed by atoms with E-state index in [1.54, 1.807) is 13.8 Å². The average Bonchev–Trinajstić information content (AvgIpc) is 2.30. The highest BCUT2D eigenvalue weighted by molar-refractivity contribution is 7.99. The molecule has 1 rings (SSSR count). The first-order chi connectivity index (χ1) is 8.82. The summed E-state index contributed by atoms with van der Waals surface area (Å²) in [4.78, 5) is 12.0. The minimum Gasteiger partial charge on any atom is -0.394 e. The number of aliphatic hydroxyl groups is 1. The third-order valence-electron chi connectivity index (χ3n) is 2.18. The molecule has 0 radical (unpaired) electrons. The zero-order chi connectivity index (χ0) is 14.5. The molecule has 4 nitrogen and oxygen atoms in total. The van der Waals surface area contributed by atoms with Gasteiger partial charge in [-0.3, -0.25) is 0 Å². The molecule has 0 unspecified atom stereocenters. The number of aliphatic hydroxyl groups excluding tert-OH is 1. The van der Waals surface area contributed by atoms with Gasteiger partial charge in [0.25, 0.3) is 5.76 Å². The lowest BCUT2D eigenvalue weighted by atomic mass is 10.1. The van der Waals surface area contributed by atoms with Crippen LogP contribution >= 0.6 is 11.8 Å². The van der Waals surface area contributed by atoms with Crippen LogP contribution in [0.15, 0.2) is 29.2 Å². The second kappa shape index (κ2) is 6.72. The van der Waals surface area contributed by atoms with Gasteiger partial charge in [-0.25, -0.2) is 4.79 Å². The average molecular weight is 290 g/mol. The summed E-state index contributed by atoms with van der Waals surface area (Å²) in [6, 6.07) is 5.62. The normalized spacial score (nSPS) is 11.5. The van der Waals surface area contributed by atoms with Gasteiger partial charge in [0.1, 0.15) is 0 Å². The molecule has 0 saturated carbocycles. The first kappa shape index (κ1) is 15.7. The number of urea groups is 1. The number of anilines is 1. The van der Waals surface area contributed by atoms with Crippen molar-refractivity contribution in [2.75, 3.05) is 11.9 Å². The number of hydrogen-bond acceptors (Lipinski definition) is 3. The molecule has 0 saturated heterocycles. The smallest absolute Gasteiger partial charge is 0.319 e. The van der Waals surface area contributed by atoms with Crippen molar-refractivity contribution in [3.63, 3.8) is 0 Å². The molecule has 7 heteroatoms. The van der Waals surface area contributed by atoms with Crippen molar-refractivity contribution in [2.24, 2.45) is 0 Å². The molecule has 0 aliphatic carbocycles. The van der Waals surface area contributed by atoms with E-state index in [1.807, 2.05) is 0 Å². The van der Waals surface area contributed by atoms with Gasteiger partial charge in [-0.1, -0.05) is 11.8 Å². The molecule has 1 aromatic rings. The van der Waals surface area contributed by atoms with Gasteiger partial charge in [0.15, 0.2) is 0 Å². The highest BCUT2D eigenvalue weighted by Crippen LogP contribution is 2.26. The summed E-state index contributed by atoms with van der Waals surface area (Å²) < 4.78 is 24.2. The predicted molar refractivity (Wildman–Crippen MR) is 71.6 cm³/mol. The van der Waals surface area contributed by atoms with Gasteiger partial charge in [-0.2, -0.15) is 8.78 Å². The van der Waals surface area contributed by atoms with E-state index in [1.165, 1.54) is 24.3 Å². The third-order valence-corrected chi connectivity index (χ3v) is 2.91. The Labute approximate surface area is 114 Å². The van der Waals surface area contributed by atoms with Crippen LogP contribution in [0.4, 0.5) is 19.3 Å². The SMILES string of the molecule is CC(C)(CO)NC(=O)Nc1ccc(SC(F)F)cc1. The van der Waals surface area contributed by atoms with Gasteiger partial charge in [0, 0.05) is 10.6 Å². The minimum absolute atomic E-state index is 0.190. The molecule has 0 atom stereocenters. The Morgan fingerprint density at radius 3 is 2.42 bits per heavy atom. The molecule has 19 heavy (non-hydrogen) atoms. The summed E-state index contributed by atoms with van der Waals surface area (Å²) in [6.07, 6.45) is 0. The summed E-state index contributed by atoms with van der Waals surface area (Å²) in [5.74, 6) is -2.47. The van der Waals surface area contributed by atoms with Crippen LogP contribution in [0.2, 0.25) is 0 Å². The summed E-state index contributed by atoms with van der Waals surface area (Å²) in [5.41, 5.74) is -0.236. The standard InChI is InChI=1S/C12H16F2N2O2S/c1-12(2,7-17)16-11(18)15-8-3-5-9(6-4-8)19-10(13)14/h3-6,10,17H,7H2,1-2H3,(H2,15,16,18). The van der Waals surface area contributed by atoms with Gasteiger partial charge < -0.3 is 15.7 Å². The Kier molecular flexibility index (Phi) is 5.56. The number of amides is 2. The third kappa shape index (κ3) is 5.89. The summed E-state index contributed by atoms with van der Waals surface area (Å²) in [6.45, 7) is 3.16. The Morgan fingerprint density at radius 2 is 1.95 bits per heavy atom. The fraction of sp³-hybridized carbons (Fsp3) is 0.417. The van der Waals surface area contributed by atoms with E-state index in [4.69, 9.17) is 5.11 Å². The Balaban J connectivity index is 2.56. The molecule has 0 heterocycles. The van der Waals surface area contributed by atoms with Crippen molar-refractivity contribution >= 4 is 23.5 Å². The van der Waals surface area contributed by atoms with Crippen LogP contribution in [0.5, 0.6) is 0 Å². The second-order valence-electron chi connectivity index (χ2n) is 4.52. The predicted octanol–water partition coefficient (Wildman–Crippen LogP) is 2.89. The van der Waals surface area contributed by atoms with Gasteiger partial charge >= 0.3 is 6.03 Å². The molecule has 0 spiro atoms. The fourth-order valence-electron chi connectivity index (χ4n) is 1.23. The van der Waals surface area contributed by atoms with Crippen molar-refractivity contribution < 1.29 is 18.7 Å². The molecule has 1 aromatic carbocycles. The Morgan fingerprint density at radius 1 is 1.37 bits per heavy atom. The number of alkyl halides is 2. The number of benzene rings is 1. The molecule has 106 valence electrons. The second-order valence-corrected chi connectivity index (χ2v) is 5.59. The van der Waals surface area contributed by atoms with Crippen LogP contribution in [0.1, 0.15) is 13.8 Å². The van der Waals surface area contributed by atoms with Crippen LogP contribution in [-0.4, -0.2) is 29.0 Å². The molecule has 3 N–H and O–H groups in total. The summed E-state index contributed by atoms with van der Waals surface area (Å²) >= 11 is 0.445. The molecule has 2 amide bonds. The van der Waals surface area contributed by atoms with Crippen LogP contribution < -0.4 is 10.6 Å². The highest BCUT2D eigenvalue weighted by Gasteiger charge is 2.18. The molecule has 0 aliphatic rings. The summed E-state index contributed by atoms with van der Waals surface area (Å²) in [5, 5.41) is 14.1. The van der Waals surface area contributed by atoms with E-state index < -0.39 is 17.3 Å². The Bertz CT molecular complexity index is 424. The number of nitrogens with one attached hydrogen (secondary N) is 2. The molecule has 0 bridgehead atoms. The largest absolute Gasteiger partial charge is 0.394 e. The van der Waals surface area contributed by atoms with Gasteiger partial charge in [0.2, 0.25) is 0 Å². The first-order valence-corrected chi connectivity index (χ1v) is 6.45. The number of carbonyl (C=O) groups excluding carboxylic acids is 1. The van der Waals surface area contributed by atoms with Gasteiger partial charge in [-0.15, -0.1) is 0 Å².